The van der Waals surface area contributed by atoms with Crippen LogP contribution in [0.2, 0.25) is 0 Å². The predicted octanol–water partition coefficient (Wildman–Crippen LogP) is 2.04. The first kappa shape index (κ1) is 12.9. The van der Waals surface area contributed by atoms with Gasteiger partial charge in [0.1, 0.15) is 6.07 Å². The van der Waals surface area contributed by atoms with Crippen LogP contribution in [0.3, 0.4) is 0 Å². The average Bonchev–Trinajstić information content (AvgIpc) is 2.76. The molecule has 0 saturated carbocycles. The number of hydrogen-bond acceptors (Lipinski definition) is 3. The lowest BCUT2D eigenvalue weighted by atomic mass is 10.2. The smallest absolute Gasteiger partial charge is 0.217 e. The van der Waals surface area contributed by atoms with Gasteiger partial charge in [0, 0.05) is 36.2 Å². The number of amides is 1. The van der Waals surface area contributed by atoms with Gasteiger partial charge in [-0.15, -0.1) is 0 Å². The quantitative estimate of drug-likeness (QED) is 0.909. The normalized spacial score (nSPS) is 18.5. The van der Waals surface area contributed by atoms with Crippen molar-refractivity contribution in [2.24, 2.45) is 0 Å². The molecule has 0 radical (unpaired) electrons. The van der Waals surface area contributed by atoms with Crippen LogP contribution in [0.25, 0.3) is 0 Å². The van der Waals surface area contributed by atoms with E-state index in [9.17, 15) is 4.79 Å². The monoisotopic (exact) mass is 307 g/mol. The molecule has 1 heterocycles. The average molecular weight is 308 g/mol. The van der Waals surface area contributed by atoms with E-state index in [1.165, 1.54) is 0 Å². The van der Waals surface area contributed by atoms with Gasteiger partial charge in [-0.25, -0.2) is 0 Å². The lowest BCUT2D eigenvalue weighted by Crippen LogP contribution is -2.35. The number of carbonyl (C=O) groups is 1. The molecule has 1 N–H and O–H groups in total. The fraction of sp³-hybridized carbons (Fsp3) is 0.385. The maximum absolute atomic E-state index is 11.0. The summed E-state index contributed by atoms with van der Waals surface area (Å²) < 4.78 is 0.811. The number of nitrogens with zero attached hydrogens (tertiary/aromatic N) is 2. The van der Waals surface area contributed by atoms with Gasteiger partial charge >= 0.3 is 0 Å². The molecule has 1 atom stereocenters. The number of rotatable bonds is 2. The van der Waals surface area contributed by atoms with Crippen LogP contribution in [-0.2, 0) is 4.79 Å². The van der Waals surface area contributed by atoms with E-state index in [2.05, 4.69) is 32.2 Å². The van der Waals surface area contributed by atoms with Crippen molar-refractivity contribution in [2.45, 2.75) is 19.4 Å². The van der Waals surface area contributed by atoms with Gasteiger partial charge in [-0.3, -0.25) is 4.79 Å². The molecule has 94 valence electrons. The molecule has 1 aliphatic rings. The Morgan fingerprint density at radius 2 is 2.39 bits per heavy atom. The molecule has 0 aliphatic carbocycles. The van der Waals surface area contributed by atoms with Gasteiger partial charge < -0.3 is 10.2 Å². The van der Waals surface area contributed by atoms with E-state index in [-0.39, 0.29) is 11.9 Å². The molecule has 1 aromatic rings. The van der Waals surface area contributed by atoms with E-state index in [1.54, 1.807) is 6.92 Å². The number of nitriles is 1. The van der Waals surface area contributed by atoms with Crippen molar-refractivity contribution in [3.63, 3.8) is 0 Å². The minimum atomic E-state index is 0.0165. The fourth-order valence-electron chi connectivity index (χ4n) is 2.19. The molecular weight excluding hydrogens is 294 g/mol. The molecule has 1 aromatic carbocycles. The van der Waals surface area contributed by atoms with Crippen molar-refractivity contribution in [1.29, 1.82) is 5.26 Å². The summed E-state index contributed by atoms with van der Waals surface area (Å²) in [6, 6.07) is 8.05. The van der Waals surface area contributed by atoms with Crippen LogP contribution in [0.1, 0.15) is 18.9 Å². The molecular formula is C13H14BrN3O. The predicted molar refractivity (Wildman–Crippen MR) is 73.3 cm³/mol. The zero-order chi connectivity index (χ0) is 13.1. The second kappa shape index (κ2) is 5.40. The van der Waals surface area contributed by atoms with Gasteiger partial charge in [0.05, 0.1) is 5.56 Å². The Balaban J connectivity index is 2.08. The Bertz CT molecular complexity index is 509. The molecule has 2 rings (SSSR count). The Hall–Kier alpha value is -1.54. The maximum Gasteiger partial charge on any atom is 0.217 e. The topological polar surface area (TPSA) is 56.1 Å². The molecule has 0 spiro atoms. The summed E-state index contributed by atoms with van der Waals surface area (Å²) >= 11 is 3.39. The summed E-state index contributed by atoms with van der Waals surface area (Å²) in [7, 11) is 0. The first-order valence-corrected chi connectivity index (χ1v) is 6.61. The largest absolute Gasteiger partial charge is 0.369 e. The van der Waals surface area contributed by atoms with Crippen LogP contribution in [0.4, 0.5) is 5.69 Å². The van der Waals surface area contributed by atoms with Crippen LogP contribution >= 0.6 is 15.9 Å². The summed E-state index contributed by atoms with van der Waals surface area (Å²) in [6.07, 6.45) is 0.956. The Morgan fingerprint density at radius 1 is 1.61 bits per heavy atom. The van der Waals surface area contributed by atoms with Gasteiger partial charge in [-0.05, 0) is 40.5 Å². The van der Waals surface area contributed by atoms with E-state index < -0.39 is 0 Å². The SMILES string of the molecule is CC(=O)NC1CCN(c2ccc(C#N)c(Br)c2)C1. The van der Waals surface area contributed by atoms with E-state index in [0.29, 0.717) is 5.56 Å². The van der Waals surface area contributed by atoms with Crippen LogP contribution in [0.15, 0.2) is 22.7 Å². The summed E-state index contributed by atoms with van der Waals surface area (Å²) in [4.78, 5) is 13.2. The fourth-order valence-corrected chi connectivity index (χ4v) is 2.65. The number of halogens is 1. The third kappa shape index (κ3) is 2.82. The van der Waals surface area contributed by atoms with Gasteiger partial charge in [-0.2, -0.15) is 5.26 Å². The van der Waals surface area contributed by atoms with E-state index >= 15 is 0 Å². The highest BCUT2D eigenvalue weighted by Crippen LogP contribution is 2.26. The Kier molecular flexibility index (Phi) is 3.87. The van der Waals surface area contributed by atoms with Crippen LogP contribution in [-0.4, -0.2) is 25.0 Å². The second-order valence-electron chi connectivity index (χ2n) is 4.41. The van der Waals surface area contributed by atoms with Crippen LogP contribution in [0, 0.1) is 11.3 Å². The first-order valence-electron chi connectivity index (χ1n) is 5.82. The van der Waals surface area contributed by atoms with Crippen LogP contribution < -0.4 is 10.2 Å². The Labute approximate surface area is 115 Å². The van der Waals surface area contributed by atoms with Crippen molar-refractivity contribution >= 4 is 27.5 Å². The third-order valence-corrected chi connectivity index (χ3v) is 3.69. The maximum atomic E-state index is 11.0. The summed E-state index contributed by atoms with van der Waals surface area (Å²) in [5.41, 5.74) is 1.71. The zero-order valence-corrected chi connectivity index (χ0v) is 11.7. The highest BCUT2D eigenvalue weighted by atomic mass is 79.9. The number of carbonyl (C=O) groups excluding carboxylic acids is 1. The third-order valence-electron chi connectivity index (χ3n) is 3.03. The number of nitrogens with one attached hydrogen (secondary N) is 1. The minimum Gasteiger partial charge on any atom is -0.369 e. The highest BCUT2D eigenvalue weighted by molar-refractivity contribution is 9.10. The zero-order valence-electron chi connectivity index (χ0n) is 10.1. The van der Waals surface area contributed by atoms with Gasteiger partial charge in [0.25, 0.3) is 0 Å². The lowest BCUT2D eigenvalue weighted by molar-refractivity contribution is -0.119. The molecule has 5 heteroatoms. The van der Waals surface area contributed by atoms with Crippen molar-refractivity contribution in [3.05, 3.63) is 28.2 Å². The lowest BCUT2D eigenvalue weighted by Gasteiger charge is -2.19. The number of benzene rings is 1. The van der Waals surface area contributed by atoms with Gasteiger partial charge in [0.15, 0.2) is 0 Å². The van der Waals surface area contributed by atoms with Crippen molar-refractivity contribution in [2.75, 3.05) is 18.0 Å². The molecule has 1 unspecified atom stereocenters. The minimum absolute atomic E-state index is 0.0165. The highest BCUT2D eigenvalue weighted by Gasteiger charge is 2.23. The summed E-state index contributed by atoms with van der Waals surface area (Å²) in [5.74, 6) is 0.0165. The van der Waals surface area contributed by atoms with Gasteiger partial charge in [0.2, 0.25) is 5.91 Å². The van der Waals surface area contributed by atoms with E-state index in [1.807, 2.05) is 18.2 Å². The van der Waals surface area contributed by atoms with Crippen molar-refractivity contribution in [1.82, 2.24) is 5.32 Å². The number of hydrogen-bond donors (Lipinski definition) is 1. The van der Waals surface area contributed by atoms with Crippen molar-refractivity contribution in [3.8, 4) is 6.07 Å². The standard InChI is InChI=1S/C13H14BrN3O/c1-9(18)16-11-4-5-17(8-11)12-3-2-10(7-15)13(14)6-12/h2-3,6,11H,4-5,8H2,1H3,(H,16,18). The van der Waals surface area contributed by atoms with Crippen LogP contribution in [0.5, 0.6) is 0 Å². The first-order chi connectivity index (χ1) is 8.60. The molecule has 4 nitrogen and oxygen atoms in total. The molecule has 1 saturated heterocycles. The number of anilines is 1. The van der Waals surface area contributed by atoms with E-state index in [4.69, 9.17) is 5.26 Å². The van der Waals surface area contributed by atoms with Gasteiger partial charge in [-0.1, -0.05) is 0 Å². The van der Waals surface area contributed by atoms with E-state index in [0.717, 1.165) is 29.7 Å². The molecule has 0 aromatic heterocycles. The molecule has 0 bridgehead atoms. The molecule has 1 fully saturated rings. The Morgan fingerprint density at radius 3 is 3.00 bits per heavy atom. The second-order valence-corrected chi connectivity index (χ2v) is 5.26. The summed E-state index contributed by atoms with van der Waals surface area (Å²) in [6.45, 7) is 3.28. The molecule has 18 heavy (non-hydrogen) atoms. The molecule has 1 aliphatic heterocycles. The van der Waals surface area contributed by atoms with Crippen molar-refractivity contribution < 1.29 is 4.79 Å². The molecule has 1 amide bonds. The summed E-state index contributed by atoms with van der Waals surface area (Å²) in [5, 5.41) is 11.8.